The first kappa shape index (κ1) is 11.7. The largest absolute Gasteiger partial charge is 0.328 e. The van der Waals surface area contributed by atoms with E-state index in [1.165, 1.54) is 17.9 Å². The summed E-state index contributed by atoms with van der Waals surface area (Å²) in [6.07, 6.45) is 3.64. The molecule has 1 aliphatic heterocycles. The Morgan fingerprint density at radius 1 is 1.18 bits per heavy atom. The van der Waals surface area contributed by atoms with Crippen LogP contribution in [-0.4, -0.2) is 17.5 Å². The molecule has 11 heavy (non-hydrogen) atoms. The highest BCUT2D eigenvalue weighted by atomic mass is 33.1. The number of hydrogen-bond acceptors (Lipinski definition) is 3. The highest BCUT2D eigenvalue weighted by Crippen LogP contribution is 2.29. The van der Waals surface area contributed by atoms with Gasteiger partial charge in [0.25, 0.3) is 0 Å². The molecule has 0 aromatic carbocycles. The van der Waals surface area contributed by atoms with Gasteiger partial charge in [0.15, 0.2) is 0 Å². The molecule has 68 valence electrons. The van der Waals surface area contributed by atoms with Crippen molar-refractivity contribution in [3.05, 3.63) is 0 Å². The monoisotopic (exact) mass is 193 g/mol. The van der Waals surface area contributed by atoms with Crippen molar-refractivity contribution in [1.29, 1.82) is 0 Å². The van der Waals surface area contributed by atoms with Crippen LogP contribution in [0, 0.1) is 0 Å². The van der Waals surface area contributed by atoms with E-state index in [1.807, 2.05) is 21.6 Å². The fourth-order valence-corrected chi connectivity index (χ4v) is 2.94. The molecule has 0 aliphatic carbocycles. The van der Waals surface area contributed by atoms with Crippen LogP contribution in [0.5, 0.6) is 0 Å². The summed E-state index contributed by atoms with van der Waals surface area (Å²) in [7, 11) is 3.98. The van der Waals surface area contributed by atoms with Crippen LogP contribution in [0.15, 0.2) is 0 Å². The molecule has 0 radical (unpaired) electrons. The molecule has 0 aromatic rings. The lowest BCUT2D eigenvalue weighted by molar-refractivity contribution is 0.629. The quantitative estimate of drug-likeness (QED) is 0.683. The van der Waals surface area contributed by atoms with Gasteiger partial charge >= 0.3 is 0 Å². The predicted molar refractivity (Wildman–Crippen MR) is 58.1 cm³/mol. The average Bonchev–Trinajstić information content (AvgIpc) is 2.60. The van der Waals surface area contributed by atoms with Gasteiger partial charge < -0.3 is 5.73 Å². The maximum Gasteiger partial charge on any atom is 0.00450 e. The van der Waals surface area contributed by atoms with Gasteiger partial charge in [-0.1, -0.05) is 35.4 Å². The standard InChI is InChI=1S/C5H13N.C3H6S2/c1-3-5(6)4-2;1-2-4-5-3-1/h5H,3-4,6H2,1-2H3;1-3H2. The van der Waals surface area contributed by atoms with Crippen LogP contribution in [-0.2, 0) is 0 Å². The molecule has 3 heteroatoms. The average molecular weight is 193 g/mol. The molecular formula is C8H19NS2. The third-order valence-electron chi connectivity index (χ3n) is 1.59. The summed E-state index contributed by atoms with van der Waals surface area (Å²) in [6.45, 7) is 4.21. The summed E-state index contributed by atoms with van der Waals surface area (Å²) < 4.78 is 0. The van der Waals surface area contributed by atoms with Crippen molar-refractivity contribution in [2.45, 2.75) is 39.2 Å². The van der Waals surface area contributed by atoms with Crippen molar-refractivity contribution in [1.82, 2.24) is 0 Å². The third kappa shape index (κ3) is 8.57. The summed E-state index contributed by atoms with van der Waals surface area (Å²) in [5.41, 5.74) is 5.47. The molecule has 0 spiro atoms. The first-order valence-electron chi connectivity index (χ1n) is 4.31. The Labute approximate surface area is 78.3 Å². The minimum atomic E-state index is 0.435. The van der Waals surface area contributed by atoms with Crippen LogP contribution in [0.25, 0.3) is 0 Å². The smallest absolute Gasteiger partial charge is 0.00450 e. The van der Waals surface area contributed by atoms with E-state index in [-0.39, 0.29) is 0 Å². The molecule has 1 aliphatic rings. The minimum absolute atomic E-state index is 0.435. The molecule has 0 atom stereocenters. The van der Waals surface area contributed by atoms with Gasteiger partial charge in [-0.15, -0.1) is 0 Å². The predicted octanol–water partition coefficient (Wildman–Crippen LogP) is 2.91. The van der Waals surface area contributed by atoms with Gasteiger partial charge in [0, 0.05) is 17.5 Å². The lowest BCUT2D eigenvalue weighted by atomic mass is 10.2. The van der Waals surface area contributed by atoms with E-state index < -0.39 is 0 Å². The molecule has 0 aromatic heterocycles. The molecule has 1 fully saturated rings. The Morgan fingerprint density at radius 2 is 1.64 bits per heavy atom. The minimum Gasteiger partial charge on any atom is -0.328 e. The van der Waals surface area contributed by atoms with Gasteiger partial charge in [-0.05, 0) is 19.3 Å². The Hall–Kier alpha value is 0.660. The zero-order valence-electron chi connectivity index (χ0n) is 7.51. The highest BCUT2D eigenvalue weighted by molar-refractivity contribution is 8.77. The normalized spacial score (nSPS) is 16.4. The summed E-state index contributed by atoms with van der Waals surface area (Å²) in [4.78, 5) is 0. The second-order valence-electron chi connectivity index (χ2n) is 2.57. The maximum absolute atomic E-state index is 5.47. The van der Waals surface area contributed by atoms with Gasteiger partial charge in [0.2, 0.25) is 0 Å². The molecule has 0 amide bonds. The highest BCUT2D eigenvalue weighted by Gasteiger charge is 1.96. The van der Waals surface area contributed by atoms with Gasteiger partial charge in [-0.3, -0.25) is 0 Å². The van der Waals surface area contributed by atoms with E-state index in [0.29, 0.717) is 6.04 Å². The van der Waals surface area contributed by atoms with E-state index >= 15 is 0 Å². The Bertz CT molecular complexity index is 62.9. The van der Waals surface area contributed by atoms with Gasteiger partial charge in [0.1, 0.15) is 0 Å². The van der Waals surface area contributed by atoms with Crippen molar-refractivity contribution >= 4 is 21.6 Å². The van der Waals surface area contributed by atoms with Crippen molar-refractivity contribution < 1.29 is 0 Å². The van der Waals surface area contributed by atoms with Gasteiger partial charge in [-0.2, -0.15) is 0 Å². The Balaban J connectivity index is 0.000000183. The van der Waals surface area contributed by atoms with Crippen LogP contribution in [0.2, 0.25) is 0 Å². The van der Waals surface area contributed by atoms with Crippen molar-refractivity contribution in [2.75, 3.05) is 11.5 Å². The molecule has 0 bridgehead atoms. The van der Waals surface area contributed by atoms with Crippen LogP contribution in [0.1, 0.15) is 33.1 Å². The fourth-order valence-electron chi connectivity index (χ4n) is 0.583. The molecule has 1 saturated heterocycles. The van der Waals surface area contributed by atoms with E-state index in [1.54, 1.807) is 0 Å². The lowest BCUT2D eigenvalue weighted by Crippen LogP contribution is -2.16. The van der Waals surface area contributed by atoms with Crippen LogP contribution in [0.3, 0.4) is 0 Å². The van der Waals surface area contributed by atoms with Crippen molar-refractivity contribution in [3.63, 3.8) is 0 Å². The van der Waals surface area contributed by atoms with E-state index in [0.717, 1.165) is 12.8 Å². The topological polar surface area (TPSA) is 26.0 Å². The number of nitrogens with two attached hydrogens (primary N) is 1. The lowest BCUT2D eigenvalue weighted by Gasteiger charge is -1.99. The van der Waals surface area contributed by atoms with E-state index in [2.05, 4.69) is 13.8 Å². The number of hydrogen-bond donors (Lipinski definition) is 1. The molecule has 1 nitrogen and oxygen atoms in total. The summed E-state index contributed by atoms with van der Waals surface area (Å²) in [5, 5.41) is 0. The zero-order chi connectivity index (χ0) is 8.53. The summed E-state index contributed by atoms with van der Waals surface area (Å²) >= 11 is 0. The van der Waals surface area contributed by atoms with E-state index in [9.17, 15) is 0 Å². The first-order chi connectivity index (χ1) is 5.31. The molecule has 0 unspecified atom stereocenters. The van der Waals surface area contributed by atoms with Gasteiger partial charge in [-0.25, -0.2) is 0 Å². The second-order valence-corrected chi connectivity index (χ2v) is 5.28. The Morgan fingerprint density at radius 3 is 1.73 bits per heavy atom. The fraction of sp³-hybridized carbons (Fsp3) is 1.00. The molecule has 1 rings (SSSR count). The molecule has 2 N–H and O–H groups in total. The maximum atomic E-state index is 5.47. The molecule has 1 heterocycles. The van der Waals surface area contributed by atoms with Crippen LogP contribution < -0.4 is 5.73 Å². The van der Waals surface area contributed by atoms with Gasteiger partial charge in [0.05, 0.1) is 0 Å². The second kappa shape index (κ2) is 8.75. The van der Waals surface area contributed by atoms with Crippen LogP contribution >= 0.6 is 21.6 Å². The Kier molecular flexibility index (Phi) is 9.28. The summed E-state index contributed by atoms with van der Waals surface area (Å²) in [6, 6.07) is 0.435. The van der Waals surface area contributed by atoms with E-state index in [4.69, 9.17) is 5.73 Å². The van der Waals surface area contributed by atoms with Crippen LogP contribution in [0.4, 0.5) is 0 Å². The van der Waals surface area contributed by atoms with Crippen molar-refractivity contribution in [2.24, 2.45) is 5.73 Å². The third-order valence-corrected chi connectivity index (χ3v) is 4.16. The zero-order valence-corrected chi connectivity index (χ0v) is 9.14. The molecular weight excluding hydrogens is 174 g/mol. The number of rotatable bonds is 2. The first-order valence-corrected chi connectivity index (χ1v) is 6.80. The van der Waals surface area contributed by atoms with Crippen molar-refractivity contribution in [3.8, 4) is 0 Å². The molecule has 0 saturated carbocycles. The summed E-state index contributed by atoms with van der Waals surface area (Å²) in [5.74, 6) is 2.76. The SMILES string of the molecule is C1CSSC1.CCC(N)CC.